The molecule has 0 aliphatic carbocycles. The van der Waals surface area contributed by atoms with Crippen molar-refractivity contribution in [3.63, 3.8) is 0 Å². The molecular formula is C13H12NO2. The van der Waals surface area contributed by atoms with E-state index in [1.54, 1.807) is 19.2 Å². The SMILES string of the molecule is CN1CC[C@@](O)(C#Cc2[c]cccc2)C1=O. The molecule has 0 spiro atoms. The van der Waals surface area contributed by atoms with Crippen molar-refractivity contribution in [1.82, 2.24) is 4.90 Å². The Bertz CT molecular complexity index is 458. The Morgan fingerprint density at radius 3 is 2.94 bits per heavy atom. The lowest BCUT2D eigenvalue weighted by Crippen LogP contribution is -2.37. The maximum Gasteiger partial charge on any atom is 0.267 e. The Kier molecular flexibility index (Phi) is 2.67. The molecule has 16 heavy (non-hydrogen) atoms. The molecule has 0 bridgehead atoms. The van der Waals surface area contributed by atoms with Gasteiger partial charge in [0.2, 0.25) is 5.60 Å². The minimum Gasteiger partial charge on any atom is -0.369 e. The molecule has 1 saturated heterocycles. The van der Waals surface area contributed by atoms with Crippen molar-refractivity contribution in [3.05, 3.63) is 35.9 Å². The van der Waals surface area contributed by atoms with Crippen molar-refractivity contribution >= 4 is 5.91 Å². The van der Waals surface area contributed by atoms with Crippen molar-refractivity contribution in [2.24, 2.45) is 0 Å². The number of aliphatic hydroxyl groups is 1. The summed E-state index contributed by atoms with van der Waals surface area (Å²) in [6.07, 6.45) is 0.363. The number of likely N-dealkylation sites (tertiary alicyclic amines) is 1. The van der Waals surface area contributed by atoms with Crippen molar-refractivity contribution in [1.29, 1.82) is 0 Å². The first-order valence-electron chi connectivity index (χ1n) is 5.10. The number of carbonyl (C=O) groups is 1. The lowest BCUT2D eigenvalue weighted by molar-refractivity contribution is -0.137. The summed E-state index contributed by atoms with van der Waals surface area (Å²) in [5, 5.41) is 10.0. The Labute approximate surface area is 94.7 Å². The molecule has 1 amide bonds. The van der Waals surface area contributed by atoms with Gasteiger partial charge in [-0.1, -0.05) is 30.0 Å². The summed E-state index contributed by atoms with van der Waals surface area (Å²) >= 11 is 0. The van der Waals surface area contributed by atoms with Gasteiger partial charge >= 0.3 is 0 Å². The van der Waals surface area contributed by atoms with Crippen LogP contribution in [0.5, 0.6) is 0 Å². The smallest absolute Gasteiger partial charge is 0.267 e. The number of nitrogens with zero attached hydrogens (tertiary/aromatic N) is 1. The van der Waals surface area contributed by atoms with Gasteiger partial charge in [0, 0.05) is 25.6 Å². The van der Waals surface area contributed by atoms with Gasteiger partial charge in [-0.3, -0.25) is 4.79 Å². The Hall–Kier alpha value is -1.79. The van der Waals surface area contributed by atoms with Crippen LogP contribution in [-0.4, -0.2) is 35.1 Å². The summed E-state index contributed by atoms with van der Waals surface area (Å²) < 4.78 is 0. The van der Waals surface area contributed by atoms with Gasteiger partial charge < -0.3 is 10.0 Å². The lowest BCUT2D eigenvalue weighted by atomic mass is 10.0. The van der Waals surface area contributed by atoms with Gasteiger partial charge in [0.25, 0.3) is 5.91 Å². The summed E-state index contributed by atoms with van der Waals surface area (Å²) in [5.41, 5.74) is -0.836. The monoisotopic (exact) mass is 214 g/mol. The number of rotatable bonds is 0. The maximum atomic E-state index is 11.6. The van der Waals surface area contributed by atoms with Gasteiger partial charge in [-0.25, -0.2) is 0 Å². The van der Waals surface area contributed by atoms with E-state index >= 15 is 0 Å². The van der Waals surface area contributed by atoms with E-state index in [0.717, 1.165) is 0 Å². The molecule has 3 nitrogen and oxygen atoms in total. The average Bonchev–Trinajstić information content (AvgIpc) is 2.57. The van der Waals surface area contributed by atoms with Gasteiger partial charge in [-0.05, 0) is 12.1 Å². The first kappa shape index (κ1) is 10.7. The van der Waals surface area contributed by atoms with Crippen molar-refractivity contribution in [2.75, 3.05) is 13.6 Å². The van der Waals surface area contributed by atoms with Crippen LogP contribution in [0.25, 0.3) is 0 Å². The van der Waals surface area contributed by atoms with Crippen LogP contribution >= 0.6 is 0 Å². The minimum atomic E-state index is -1.52. The van der Waals surface area contributed by atoms with Crippen LogP contribution in [0.2, 0.25) is 0 Å². The van der Waals surface area contributed by atoms with Gasteiger partial charge in [0.15, 0.2) is 0 Å². The highest BCUT2D eigenvalue weighted by atomic mass is 16.3. The molecule has 1 aliphatic heterocycles. The van der Waals surface area contributed by atoms with Crippen LogP contribution in [0, 0.1) is 17.9 Å². The van der Waals surface area contributed by atoms with Crippen LogP contribution in [0.4, 0.5) is 0 Å². The third-order valence-electron chi connectivity index (χ3n) is 2.62. The summed E-state index contributed by atoms with van der Waals surface area (Å²) in [5.74, 6) is 5.09. The molecule has 1 atom stereocenters. The van der Waals surface area contributed by atoms with E-state index in [-0.39, 0.29) is 5.91 Å². The predicted octanol–water partition coefficient (Wildman–Crippen LogP) is 0.431. The number of carbonyl (C=O) groups excluding carboxylic acids is 1. The largest absolute Gasteiger partial charge is 0.369 e. The molecule has 0 saturated carbocycles. The highest BCUT2D eigenvalue weighted by molar-refractivity contribution is 5.90. The van der Waals surface area contributed by atoms with Crippen molar-refractivity contribution < 1.29 is 9.90 Å². The summed E-state index contributed by atoms with van der Waals surface area (Å²) in [6.45, 7) is 0.544. The zero-order chi connectivity index (χ0) is 11.6. The molecule has 3 heteroatoms. The summed E-state index contributed by atoms with van der Waals surface area (Å²) in [7, 11) is 1.66. The first-order valence-corrected chi connectivity index (χ1v) is 5.10. The molecule has 0 aromatic heterocycles. The molecule has 1 heterocycles. The van der Waals surface area contributed by atoms with Crippen LogP contribution in [0.15, 0.2) is 24.3 Å². The van der Waals surface area contributed by atoms with E-state index in [0.29, 0.717) is 18.5 Å². The first-order chi connectivity index (χ1) is 7.62. The lowest BCUT2D eigenvalue weighted by Gasteiger charge is -2.13. The average molecular weight is 214 g/mol. The topological polar surface area (TPSA) is 40.5 Å². The third kappa shape index (κ3) is 1.93. The summed E-state index contributed by atoms with van der Waals surface area (Å²) in [4.78, 5) is 13.1. The van der Waals surface area contributed by atoms with Crippen LogP contribution in [0.1, 0.15) is 12.0 Å². The van der Waals surface area contributed by atoms with E-state index in [4.69, 9.17) is 0 Å². The van der Waals surface area contributed by atoms with Crippen molar-refractivity contribution in [3.8, 4) is 11.8 Å². The molecule has 1 aliphatic rings. The second-order valence-electron chi connectivity index (χ2n) is 3.86. The maximum absolute atomic E-state index is 11.6. The Balaban J connectivity index is 2.23. The van der Waals surface area contributed by atoms with E-state index in [9.17, 15) is 9.90 Å². The predicted molar refractivity (Wildman–Crippen MR) is 59.4 cm³/mol. The molecule has 2 rings (SSSR count). The highest BCUT2D eigenvalue weighted by Gasteiger charge is 2.42. The quantitative estimate of drug-likeness (QED) is 0.636. The van der Waals surface area contributed by atoms with E-state index in [1.807, 2.05) is 12.1 Å². The Morgan fingerprint density at radius 1 is 1.56 bits per heavy atom. The molecule has 1 N–H and O–H groups in total. The number of likely N-dealkylation sites (N-methyl/N-ethyl adjacent to an activating group) is 1. The second-order valence-corrected chi connectivity index (χ2v) is 3.86. The molecule has 0 unspecified atom stereocenters. The van der Waals surface area contributed by atoms with Gasteiger partial charge in [0.05, 0.1) is 0 Å². The van der Waals surface area contributed by atoms with E-state index in [1.165, 1.54) is 4.90 Å². The molecule has 1 aromatic carbocycles. The number of hydrogen-bond acceptors (Lipinski definition) is 2. The minimum absolute atomic E-state index is 0.323. The standard InChI is InChI=1S/C13H12NO2/c1-14-10-9-13(16,12(14)15)8-7-11-5-3-2-4-6-11/h2-5,16H,9-10H2,1H3/t13-/m0/s1. The van der Waals surface area contributed by atoms with E-state index < -0.39 is 5.60 Å². The fourth-order valence-corrected chi connectivity index (χ4v) is 1.61. The number of benzene rings is 1. The molecule has 81 valence electrons. The van der Waals surface area contributed by atoms with E-state index in [2.05, 4.69) is 17.9 Å². The van der Waals surface area contributed by atoms with Crippen molar-refractivity contribution in [2.45, 2.75) is 12.0 Å². The fourth-order valence-electron chi connectivity index (χ4n) is 1.61. The van der Waals surface area contributed by atoms with Crippen LogP contribution < -0.4 is 0 Å². The van der Waals surface area contributed by atoms with Gasteiger partial charge in [0.1, 0.15) is 0 Å². The van der Waals surface area contributed by atoms with Gasteiger partial charge in [-0.15, -0.1) is 0 Å². The molecular weight excluding hydrogens is 202 g/mol. The normalized spacial score (nSPS) is 24.1. The Morgan fingerprint density at radius 2 is 2.38 bits per heavy atom. The number of hydrogen-bond donors (Lipinski definition) is 1. The molecule has 1 radical (unpaired) electrons. The van der Waals surface area contributed by atoms with Gasteiger partial charge in [-0.2, -0.15) is 0 Å². The van der Waals surface area contributed by atoms with Crippen LogP contribution in [0.3, 0.4) is 0 Å². The molecule has 1 aromatic rings. The summed E-state index contributed by atoms with van der Waals surface area (Å²) in [6, 6.07) is 10.1. The molecule has 1 fully saturated rings. The second kappa shape index (κ2) is 3.99. The van der Waals surface area contributed by atoms with Crippen LogP contribution in [-0.2, 0) is 4.79 Å². The zero-order valence-corrected chi connectivity index (χ0v) is 9.03. The fraction of sp³-hybridized carbons (Fsp3) is 0.308. The highest BCUT2D eigenvalue weighted by Crippen LogP contribution is 2.20. The number of amides is 1. The zero-order valence-electron chi connectivity index (χ0n) is 9.03. The third-order valence-corrected chi connectivity index (χ3v) is 2.62.